The third-order valence-electron chi connectivity index (χ3n) is 4.15. The summed E-state index contributed by atoms with van der Waals surface area (Å²) in [5, 5.41) is 9.90. The monoisotopic (exact) mass is 251 g/mol. The average Bonchev–Trinajstić information content (AvgIpc) is 2.28. The van der Waals surface area contributed by atoms with Crippen LogP contribution in [0, 0.1) is 5.82 Å². The number of likely N-dealkylation sites (tertiary alicyclic amines) is 1. The van der Waals surface area contributed by atoms with E-state index in [0.29, 0.717) is 12.1 Å². The van der Waals surface area contributed by atoms with Gasteiger partial charge < -0.3 is 5.11 Å². The topological polar surface area (TPSA) is 23.5 Å². The summed E-state index contributed by atoms with van der Waals surface area (Å²) in [5.74, 6) is -0.323. The Bertz CT molecular complexity index is 411. The van der Waals surface area contributed by atoms with E-state index in [4.69, 9.17) is 0 Å². The number of hydrogen-bond donors (Lipinski definition) is 1. The maximum Gasteiger partial charge on any atom is 0.126 e. The van der Waals surface area contributed by atoms with Crippen LogP contribution in [0.3, 0.4) is 0 Å². The zero-order valence-corrected chi connectivity index (χ0v) is 11.4. The van der Waals surface area contributed by atoms with Crippen molar-refractivity contribution in [2.45, 2.75) is 58.2 Å². The Morgan fingerprint density at radius 3 is 2.44 bits per heavy atom. The van der Waals surface area contributed by atoms with Gasteiger partial charge in [0.25, 0.3) is 0 Å². The minimum Gasteiger partial charge on any atom is -0.508 e. The molecule has 2 nitrogen and oxygen atoms in total. The molecule has 1 aromatic rings. The molecule has 0 amide bonds. The van der Waals surface area contributed by atoms with Crippen molar-refractivity contribution in [3.8, 4) is 5.75 Å². The summed E-state index contributed by atoms with van der Waals surface area (Å²) in [6, 6.07) is 5.46. The maximum atomic E-state index is 13.0. The molecule has 1 N–H and O–H groups in total. The Morgan fingerprint density at radius 2 is 1.89 bits per heavy atom. The quantitative estimate of drug-likeness (QED) is 0.863. The molecule has 0 bridgehead atoms. The zero-order valence-electron chi connectivity index (χ0n) is 11.4. The lowest BCUT2D eigenvalue weighted by Gasteiger charge is -2.43. The van der Waals surface area contributed by atoms with Gasteiger partial charge >= 0.3 is 0 Å². The molecule has 18 heavy (non-hydrogen) atoms. The van der Waals surface area contributed by atoms with Gasteiger partial charge in [-0.2, -0.15) is 0 Å². The lowest BCUT2D eigenvalue weighted by molar-refractivity contribution is 0.0612. The van der Waals surface area contributed by atoms with Crippen LogP contribution in [0.15, 0.2) is 18.2 Å². The Balaban J connectivity index is 2.26. The van der Waals surface area contributed by atoms with Gasteiger partial charge in [-0.05, 0) is 39.7 Å². The molecule has 1 fully saturated rings. The lowest BCUT2D eigenvalue weighted by Crippen LogP contribution is -2.45. The fourth-order valence-electron chi connectivity index (χ4n) is 3.24. The van der Waals surface area contributed by atoms with Gasteiger partial charge in [-0.1, -0.05) is 12.5 Å². The molecule has 1 saturated heterocycles. The summed E-state index contributed by atoms with van der Waals surface area (Å²) in [7, 11) is 0. The zero-order chi connectivity index (χ0) is 13.3. The van der Waals surface area contributed by atoms with Crippen LogP contribution in [0.5, 0.6) is 5.75 Å². The summed E-state index contributed by atoms with van der Waals surface area (Å²) in [5.41, 5.74) is 0.817. The molecular formula is C15H22FNO. The van der Waals surface area contributed by atoms with E-state index in [-0.39, 0.29) is 17.6 Å². The molecule has 1 aromatic carbocycles. The lowest BCUT2D eigenvalue weighted by atomic mass is 9.93. The summed E-state index contributed by atoms with van der Waals surface area (Å²) >= 11 is 0. The van der Waals surface area contributed by atoms with Gasteiger partial charge in [0, 0.05) is 29.8 Å². The predicted molar refractivity (Wildman–Crippen MR) is 71.1 cm³/mol. The van der Waals surface area contributed by atoms with Crippen LogP contribution >= 0.6 is 0 Å². The highest BCUT2D eigenvalue weighted by atomic mass is 19.1. The molecule has 1 aliphatic heterocycles. The molecule has 0 aliphatic carbocycles. The van der Waals surface area contributed by atoms with E-state index < -0.39 is 0 Å². The Kier molecular flexibility index (Phi) is 3.91. The second-order valence-corrected chi connectivity index (χ2v) is 5.46. The van der Waals surface area contributed by atoms with Crippen molar-refractivity contribution >= 4 is 0 Å². The molecule has 0 aromatic heterocycles. The Hall–Kier alpha value is -1.09. The van der Waals surface area contributed by atoms with Crippen molar-refractivity contribution in [2.75, 3.05) is 0 Å². The molecule has 1 heterocycles. The molecule has 1 aliphatic rings. The number of phenols is 1. The normalized spacial score (nSPS) is 27.1. The van der Waals surface area contributed by atoms with E-state index in [1.54, 1.807) is 6.07 Å². The molecule has 3 unspecified atom stereocenters. The standard InChI is InChI=1S/C15H22FNO/c1-10-5-4-6-11(2)17(10)12(3)14-8-7-13(16)9-15(14)18/h7-12,18H,4-6H2,1-3H3. The van der Waals surface area contributed by atoms with Crippen molar-refractivity contribution in [3.05, 3.63) is 29.6 Å². The van der Waals surface area contributed by atoms with Gasteiger partial charge in [0.1, 0.15) is 11.6 Å². The number of aromatic hydroxyl groups is 1. The molecular weight excluding hydrogens is 229 g/mol. The molecule has 0 saturated carbocycles. The molecule has 100 valence electrons. The highest BCUT2D eigenvalue weighted by Gasteiger charge is 2.30. The second kappa shape index (κ2) is 5.27. The van der Waals surface area contributed by atoms with Crippen molar-refractivity contribution in [2.24, 2.45) is 0 Å². The van der Waals surface area contributed by atoms with Crippen molar-refractivity contribution in [3.63, 3.8) is 0 Å². The fraction of sp³-hybridized carbons (Fsp3) is 0.600. The maximum absolute atomic E-state index is 13.0. The predicted octanol–water partition coefficient (Wildman–Crippen LogP) is 3.86. The molecule has 3 atom stereocenters. The van der Waals surface area contributed by atoms with Crippen molar-refractivity contribution < 1.29 is 9.50 Å². The molecule has 0 radical (unpaired) electrons. The number of hydrogen-bond acceptors (Lipinski definition) is 2. The first kappa shape index (κ1) is 13.3. The average molecular weight is 251 g/mol. The number of piperidine rings is 1. The summed E-state index contributed by atoms with van der Waals surface area (Å²) in [6.07, 6.45) is 3.65. The highest BCUT2D eigenvalue weighted by molar-refractivity contribution is 5.35. The summed E-state index contributed by atoms with van der Waals surface area (Å²) in [6.45, 7) is 6.55. The van der Waals surface area contributed by atoms with Gasteiger partial charge in [-0.3, -0.25) is 4.90 Å². The summed E-state index contributed by atoms with van der Waals surface area (Å²) in [4.78, 5) is 2.43. The second-order valence-electron chi connectivity index (χ2n) is 5.46. The fourth-order valence-corrected chi connectivity index (χ4v) is 3.24. The first-order chi connectivity index (χ1) is 8.50. The van der Waals surface area contributed by atoms with Crippen LogP contribution in [0.1, 0.15) is 51.6 Å². The van der Waals surface area contributed by atoms with Gasteiger partial charge in [0.2, 0.25) is 0 Å². The van der Waals surface area contributed by atoms with Crippen molar-refractivity contribution in [1.29, 1.82) is 0 Å². The number of phenolic OH excluding ortho intramolecular Hbond substituents is 1. The van der Waals surface area contributed by atoms with E-state index in [1.807, 2.05) is 0 Å². The third kappa shape index (κ3) is 2.51. The first-order valence-electron chi connectivity index (χ1n) is 6.76. The number of benzene rings is 1. The van der Waals surface area contributed by atoms with Crippen LogP contribution in [0.4, 0.5) is 4.39 Å². The highest BCUT2D eigenvalue weighted by Crippen LogP contribution is 2.35. The van der Waals surface area contributed by atoms with Gasteiger partial charge in [-0.15, -0.1) is 0 Å². The van der Waals surface area contributed by atoms with E-state index >= 15 is 0 Å². The van der Waals surface area contributed by atoms with Crippen LogP contribution in [-0.4, -0.2) is 22.1 Å². The van der Waals surface area contributed by atoms with E-state index in [0.717, 1.165) is 5.56 Å². The third-order valence-corrected chi connectivity index (χ3v) is 4.15. The number of nitrogens with zero attached hydrogens (tertiary/aromatic N) is 1. The molecule has 0 spiro atoms. The molecule has 3 heteroatoms. The van der Waals surface area contributed by atoms with Crippen LogP contribution < -0.4 is 0 Å². The molecule has 2 rings (SSSR count). The van der Waals surface area contributed by atoms with E-state index in [2.05, 4.69) is 25.7 Å². The van der Waals surface area contributed by atoms with Crippen LogP contribution in [0.2, 0.25) is 0 Å². The van der Waals surface area contributed by atoms with Crippen molar-refractivity contribution in [1.82, 2.24) is 4.90 Å². The summed E-state index contributed by atoms with van der Waals surface area (Å²) < 4.78 is 13.0. The Labute approximate surface area is 108 Å². The van der Waals surface area contributed by atoms with Gasteiger partial charge in [0.15, 0.2) is 0 Å². The van der Waals surface area contributed by atoms with E-state index in [1.165, 1.54) is 31.4 Å². The van der Waals surface area contributed by atoms with Gasteiger partial charge in [0.05, 0.1) is 0 Å². The van der Waals surface area contributed by atoms with E-state index in [9.17, 15) is 9.50 Å². The minimum absolute atomic E-state index is 0.0625. The minimum atomic E-state index is -0.386. The largest absolute Gasteiger partial charge is 0.508 e. The number of halogens is 1. The smallest absolute Gasteiger partial charge is 0.126 e. The SMILES string of the molecule is CC1CCCC(C)N1C(C)c1ccc(F)cc1O. The number of rotatable bonds is 2. The van der Waals surface area contributed by atoms with Gasteiger partial charge in [-0.25, -0.2) is 4.39 Å². The van der Waals surface area contributed by atoms with Crippen LogP contribution in [0.25, 0.3) is 0 Å². The Morgan fingerprint density at radius 1 is 1.28 bits per heavy atom. The van der Waals surface area contributed by atoms with Crippen LogP contribution in [-0.2, 0) is 0 Å². The first-order valence-corrected chi connectivity index (χ1v) is 6.76.